The van der Waals surface area contributed by atoms with Crippen LogP contribution in [0.4, 0.5) is 11.4 Å². The number of nitrogens with zero attached hydrogens (tertiary/aromatic N) is 2. The van der Waals surface area contributed by atoms with Gasteiger partial charge >= 0.3 is 0 Å². The Balaban J connectivity index is 1.79. The van der Waals surface area contributed by atoms with E-state index in [1.54, 1.807) is 29.2 Å². The van der Waals surface area contributed by atoms with E-state index in [0.717, 1.165) is 16.9 Å². The molecule has 1 unspecified atom stereocenters. The van der Waals surface area contributed by atoms with Crippen molar-refractivity contribution in [3.8, 4) is 6.07 Å². The third kappa shape index (κ3) is 3.78. The molecule has 3 aromatic carbocycles. The quantitative estimate of drug-likeness (QED) is 0.522. The molecule has 0 radical (unpaired) electrons. The number of amides is 1. The van der Waals surface area contributed by atoms with Gasteiger partial charge in [-0.05, 0) is 53.8 Å². The molecule has 1 atom stereocenters. The molecule has 1 amide bonds. The number of benzene rings is 3. The van der Waals surface area contributed by atoms with E-state index in [9.17, 15) is 14.9 Å². The van der Waals surface area contributed by atoms with Crippen molar-refractivity contribution in [2.45, 2.75) is 32.7 Å². The van der Waals surface area contributed by atoms with E-state index in [2.05, 4.69) is 25.2 Å². The van der Waals surface area contributed by atoms with Crippen molar-refractivity contribution >= 4 is 23.1 Å². The second-order valence-electron chi connectivity index (χ2n) is 9.65. The molecular formula is C29H25N3O2. The van der Waals surface area contributed by atoms with E-state index in [1.165, 1.54) is 0 Å². The van der Waals surface area contributed by atoms with E-state index in [-0.39, 0.29) is 17.1 Å². The Morgan fingerprint density at radius 2 is 1.65 bits per heavy atom. The first-order valence-corrected chi connectivity index (χ1v) is 11.4. The predicted octanol–water partition coefficient (Wildman–Crippen LogP) is 6.02. The molecule has 2 aliphatic rings. The summed E-state index contributed by atoms with van der Waals surface area (Å²) >= 11 is 0. The zero-order chi connectivity index (χ0) is 23.9. The summed E-state index contributed by atoms with van der Waals surface area (Å²) in [6, 6.07) is 25.5. The second kappa shape index (κ2) is 8.31. The lowest BCUT2D eigenvalue weighted by atomic mass is 9.73. The van der Waals surface area contributed by atoms with Gasteiger partial charge in [-0.25, -0.2) is 0 Å². The minimum Gasteiger partial charge on any atom is -0.357 e. The lowest BCUT2D eigenvalue weighted by Crippen LogP contribution is -2.39. The number of carbonyl (C=O) groups excluding carboxylic acids is 2. The van der Waals surface area contributed by atoms with Crippen LogP contribution in [0.2, 0.25) is 0 Å². The van der Waals surface area contributed by atoms with E-state index >= 15 is 0 Å². The summed E-state index contributed by atoms with van der Waals surface area (Å²) in [5.74, 6) is -0.151. The van der Waals surface area contributed by atoms with Gasteiger partial charge in [-0.3, -0.25) is 14.5 Å². The SMILES string of the molecule is CC1(C)CC(=O)C2=C(C1)Nc1ccccc1N(C(=O)c1ccccc1)C2c1ccc(C#N)cc1. The van der Waals surface area contributed by atoms with Gasteiger partial charge in [0.25, 0.3) is 5.91 Å². The Hall–Kier alpha value is -4.17. The first-order chi connectivity index (χ1) is 16.4. The van der Waals surface area contributed by atoms with Crippen molar-refractivity contribution in [1.82, 2.24) is 0 Å². The van der Waals surface area contributed by atoms with Crippen molar-refractivity contribution in [3.05, 3.63) is 107 Å². The summed E-state index contributed by atoms with van der Waals surface area (Å²) in [5.41, 5.74) is 4.65. The molecule has 1 aliphatic carbocycles. The zero-order valence-electron chi connectivity index (χ0n) is 19.2. The third-order valence-corrected chi connectivity index (χ3v) is 6.50. The Bertz CT molecular complexity index is 1350. The molecule has 1 N–H and O–H groups in total. The van der Waals surface area contributed by atoms with Gasteiger partial charge in [-0.15, -0.1) is 0 Å². The average molecular weight is 448 g/mol. The van der Waals surface area contributed by atoms with Crippen molar-refractivity contribution in [2.75, 3.05) is 10.2 Å². The average Bonchev–Trinajstić information content (AvgIpc) is 2.97. The summed E-state index contributed by atoms with van der Waals surface area (Å²) in [7, 11) is 0. The van der Waals surface area contributed by atoms with Crippen LogP contribution in [0.15, 0.2) is 90.1 Å². The Morgan fingerprint density at radius 1 is 0.971 bits per heavy atom. The molecule has 0 spiro atoms. The second-order valence-corrected chi connectivity index (χ2v) is 9.65. The molecule has 5 heteroatoms. The van der Waals surface area contributed by atoms with E-state index in [1.807, 2.05) is 54.6 Å². The van der Waals surface area contributed by atoms with Crippen LogP contribution in [0, 0.1) is 16.7 Å². The standard InChI is InChI=1S/C29H25N3O2/c1-29(2)16-23-26(25(33)17-29)27(20-14-12-19(18-30)13-15-20)32(24-11-7-6-10-22(24)31-23)28(34)21-8-4-3-5-9-21/h3-15,27,31H,16-17H2,1-2H3. The molecule has 3 aromatic rings. The molecule has 168 valence electrons. The highest BCUT2D eigenvalue weighted by atomic mass is 16.2. The van der Waals surface area contributed by atoms with Gasteiger partial charge in [0, 0.05) is 23.3 Å². The van der Waals surface area contributed by atoms with Crippen LogP contribution in [0.25, 0.3) is 0 Å². The summed E-state index contributed by atoms with van der Waals surface area (Å²) in [6.07, 6.45) is 1.10. The van der Waals surface area contributed by atoms with Gasteiger partial charge in [0.05, 0.1) is 29.0 Å². The normalized spacial score (nSPS) is 18.8. The smallest absolute Gasteiger partial charge is 0.259 e. The topological polar surface area (TPSA) is 73.2 Å². The van der Waals surface area contributed by atoms with Gasteiger partial charge in [-0.1, -0.05) is 56.3 Å². The van der Waals surface area contributed by atoms with Crippen molar-refractivity contribution in [1.29, 1.82) is 5.26 Å². The number of rotatable bonds is 2. The van der Waals surface area contributed by atoms with Crippen LogP contribution >= 0.6 is 0 Å². The van der Waals surface area contributed by atoms with Crippen LogP contribution in [0.1, 0.15) is 54.2 Å². The first-order valence-electron chi connectivity index (χ1n) is 11.4. The molecule has 0 fully saturated rings. The highest BCUT2D eigenvalue weighted by molar-refractivity contribution is 6.12. The third-order valence-electron chi connectivity index (χ3n) is 6.50. The highest BCUT2D eigenvalue weighted by Crippen LogP contribution is 2.48. The van der Waals surface area contributed by atoms with Crippen LogP contribution in [0.3, 0.4) is 0 Å². The zero-order valence-corrected chi connectivity index (χ0v) is 19.2. The van der Waals surface area contributed by atoms with Gasteiger partial charge in [0.15, 0.2) is 5.78 Å². The summed E-state index contributed by atoms with van der Waals surface area (Å²) in [5, 5.41) is 12.8. The molecule has 5 nitrogen and oxygen atoms in total. The summed E-state index contributed by atoms with van der Waals surface area (Å²) < 4.78 is 0. The molecule has 0 saturated carbocycles. The predicted molar refractivity (Wildman–Crippen MR) is 132 cm³/mol. The van der Waals surface area contributed by atoms with Crippen LogP contribution in [-0.4, -0.2) is 11.7 Å². The number of hydrogen-bond acceptors (Lipinski definition) is 4. The number of anilines is 2. The molecular weight excluding hydrogens is 422 g/mol. The van der Waals surface area contributed by atoms with Crippen molar-refractivity contribution in [3.63, 3.8) is 0 Å². The number of nitrogens with one attached hydrogen (secondary N) is 1. The number of fused-ring (bicyclic) bond motifs is 1. The highest BCUT2D eigenvalue weighted by Gasteiger charge is 2.43. The Labute approximate surface area is 199 Å². The Morgan fingerprint density at radius 3 is 2.35 bits per heavy atom. The van der Waals surface area contributed by atoms with Gasteiger partial charge in [0.2, 0.25) is 0 Å². The molecule has 34 heavy (non-hydrogen) atoms. The number of allylic oxidation sites excluding steroid dienone is 1. The fourth-order valence-corrected chi connectivity index (χ4v) is 4.99. The van der Waals surface area contributed by atoms with E-state index < -0.39 is 6.04 Å². The van der Waals surface area contributed by atoms with Crippen molar-refractivity contribution < 1.29 is 9.59 Å². The number of Topliss-reactive ketones (excluding diaryl/α,β-unsaturated/α-hetero) is 1. The van der Waals surface area contributed by atoms with Gasteiger partial charge < -0.3 is 5.32 Å². The van der Waals surface area contributed by atoms with Gasteiger partial charge in [-0.2, -0.15) is 5.26 Å². The maximum absolute atomic E-state index is 14.0. The van der Waals surface area contributed by atoms with E-state index in [0.29, 0.717) is 35.2 Å². The molecule has 0 aromatic heterocycles. The lowest BCUT2D eigenvalue weighted by molar-refractivity contribution is -0.118. The van der Waals surface area contributed by atoms with Crippen molar-refractivity contribution in [2.24, 2.45) is 5.41 Å². The van der Waals surface area contributed by atoms with Crippen LogP contribution in [-0.2, 0) is 4.79 Å². The minimum atomic E-state index is -0.616. The fraction of sp³-hybridized carbons (Fsp3) is 0.207. The summed E-state index contributed by atoms with van der Waals surface area (Å²) in [4.78, 5) is 29.4. The number of nitriles is 1. The molecule has 0 bridgehead atoms. The van der Waals surface area contributed by atoms with E-state index in [4.69, 9.17) is 0 Å². The largest absolute Gasteiger partial charge is 0.357 e. The number of hydrogen-bond donors (Lipinski definition) is 1. The number of ketones is 1. The number of carbonyl (C=O) groups is 2. The molecule has 1 heterocycles. The molecule has 5 rings (SSSR count). The Kier molecular flexibility index (Phi) is 5.30. The van der Waals surface area contributed by atoms with Crippen LogP contribution in [0.5, 0.6) is 0 Å². The minimum absolute atomic E-state index is 0.0341. The molecule has 1 aliphatic heterocycles. The molecule has 0 saturated heterocycles. The lowest BCUT2D eigenvalue weighted by Gasteiger charge is -2.37. The maximum Gasteiger partial charge on any atom is 0.259 e. The maximum atomic E-state index is 14.0. The fourth-order valence-electron chi connectivity index (χ4n) is 4.99. The first kappa shape index (κ1) is 21.7. The number of para-hydroxylation sites is 2. The van der Waals surface area contributed by atoms with Crippen LogP contribution < -0.4 is 10.2 Å². The summed E-state index contributed by atoms with van der Waals surface area (Å²) in [6.45, 7) is 4.19. The van der Waals surface area contributed by atoms with Gasteiger partial charge in [0.1, 0.15) is 0 Å². The monoisotopic (exact) mass is 447 g/mol.